The van der Waals surface area contributed by atoms with Gasteiger partial charge < -0.3 is 10.0 Å². The number of alkyl halides is 3. The largest absolute Gasteiger partial charge is 0.438 e. The molecule has 0 radical (unpaired) electrons. The number of aliphatic imine (C=N–C) groups is 1. The third kappa shape index (κ3) is 2.72. The number of amidine groups is 1. The van der Waals surface area contributed by atoms with Gasteiger partial charge in [0.1, 0.15) is 5.37 Å². The van der Waals surface area contributed by atoms with Crippen molar-refractivity contribution in [3.63, 3.8) is 0 Å². The first-order chi connectivity index (χ1) is 11.0. The van der Waals surface area contributed by atoms with Crippen LogP contribution in [-0.2, 0) is 9.84 Å². The summed E-state index contributed by atoms with van der Waals surface area (Å²) in [6.07, 6.45) is -4.74. The van der Waals surface area contributed by atoms with Gasteiger partial charge in [-0.1, -0.05) is 30.0 Å². The summed E-state index contributed by atoms with van der Waals surface area (Å²) in [5.74, 6) is 0. The quantitative estimate of drug-likeness (QED) is 0.857. The molecular weight excluding hydrogens is 365 g/mol. The van der Waals surface area contributed by atoms with Crippen LogP contribution in [0.15, 0.2) is 51.3 Å². The first-order valence-electron chi connectivity index (χ1n) is 6.87. The highest BCUT2D eigenvalue weighted by atomic mass is 32.2. The number of hydrogen-bond donors (Lipinski definition) is 1. The zero-order chi connectivity index (χ0) is 17.8. The molecule has 1 aromatic carbocycles. The number of hydrogen-bond acceptors (Lipinski definition) is 6. The van der Waals surface area contributed by atoms with Crippen molar-refractivity contribution in [2.75, 3.05) is 0 Å². The molecule has 2 heterocycles. The van der Waals surface area contributed by atoms with E-state index in [1.165, 1.54) is 35.4 Å². The van der Waals surface area contributed by atoms with Gasteiger partial charge in [0.25, 0.3) is 5.72 Å². The second-order valence-electron chi connectivity index (χ2n) is 5.47. The molecule has 0 aromatic heterocycles. The van der Waals surface area contributed by atoms with E-state index in [-0.39, 0.29) is 10.1 Å². The molecule has 0 unspecified atom stereocenters. The maximum absolute atomic E-state index is 13.2. The number of sulfone groups is 1. The molecule has 0 bridgehead atoms. The van der Waals surface area contributed by atoms with E-state index < -0.39 is 33.5 Å². The van der Waals surface area contributed by atoms with Crippen molar-refractivity contribution in [3.05, 3.63) is 41.4 Å². The average molecular weight is 378 g/mol. The summed E-state index contributed by atoms with van der Waals surface area (Å²) in [5.41, 5.74) is -3.43. The summed E-state index contributed by atoms with van der Waals surface area (Å²) in [6, 6.07) is 7.20. The van der Waals surface area contributed by atoms with Gasteiger partial charge in [0.15, 0.2) is 15.0 Å². The van der Waals surface area contributed by atoms with Gasteiger partial charge in [-0.2, -0.15) is 13.2 Å². The third-order valence-electron chi connectivity index (χ3n) is 3.73. The Morgan fingerprint density at radius 2 is 1.96 bits per heavy atom. The number of fused-ring (bicyclic) bond motifs is 1. The molecule has 2 aliphatic rings. The topological polar surface area (TPSA) is 70.0 Å². The van der Waals surface area contributed by atoms with Gasteiger partial charge in [0.05, 0.1) is 4.90 Å². The van der Waals surface area contributed by atoms with Crippen LogP contribution in [0.1, 0.15) is 13.3 Å². The number of benzene rings is 1. The lowest BCUT2D eigenvalue weighted by atomic mass is 10.1. The fraction of sp³-hybridized carbons (Fsp3) is 0.357. The smallest absolute Gasteiger partial charge is 0.362 e. The van der Waals surface area contributed by atoms with Crippen LogP contribution in [0.3, 0.4) is 0 Å². The number of rotatable bonds is 2. The van der Waals surface area contributed by atoms with Crippen LogP contribution in [0.4, 0.5) is 13.2 Å². The standard InChI is InChI=1S/C14H13F3N2O3S2/c1-9-8-19-11(24(21,22)10-5-3-2-4-6-10)7-13(20,14(15,16)17)18-12(19)23-9/h2-6,8,11,20H,7H2,1H3/t11-,13+/m0/s1. The van der Waals surface area contributed by atoms with Crippen molar-refractivity contribution >= 4 is 26.8 Å². The van der Waals surface area contributed by atoms with Gasteiger partial charge in [-0.25, -0.2) is 13.4 Å². The molecule has 0 saturated heterocycles. The molecule has 10 heteroatoms. The Labute approximate surface area is 140 Å². The number of nitrogens with zero attached hydrogens (tertiary/aromatic N) is 2. The number of allylic oxidation sites excluding steroid dienone is 1. The van der Waals surface area contributed by atoms with Gasteiger partial charge in [-0.05, 0) is 19.1 Å². The zero-order valence-electron chi connectivity index (χ0n) is 12.4. The fourth-order valence-corrected chi connectivity index (χ4v) is 5.28. The number of halogens is 3. The summed E-state index contributed by atoms with van der Waals surface area (Å²) in [6.45, 7) is 1.63. The Hall–Kier alpha value is -1.52. The molecular formula is C14H13F3N2O3S2. The molecule has 2 atom stereocenters. The molecule has 1 aromatic rings. The van der Waals surface area contributed by atoms with Crippen molar-refractivity contribution in [1.29, 1.82) is 0 Å². The predicted molar refractivity (Wildman–Crippen MR) is 83.7 cm³/mol. The molecule has 2 aliphatic heterocycles. The third-order valence-corrected chi connectivity index (χ3v) is 6.68. The van der Waals surface area contributed by atoms with Crippen LogP contribution in [0, 0.1) is 0 Å². The maximum atomic E-state index is 13.2. The first-order valence-corrected chi connectivity index (χ1v) is 9.23. The Bertz CT molecular complexity index is 821. The second kappa shape index (κ2) is 5.50. The van der Waals surface area contributed by atoms with E-state index in [4.69, 9.17) is 0 Å². The highest BCUT2D eigenvalue weighted by molar-refractivity contribution is 8.17. The van der Waals surface area contributed by atoms with E-state index in [1.54, 1.807) is 13.0 Å². The molecule has 0 spiro atoms. The van der Waals surface area contributed by atoms with Gasteiger partial charge in [-0.15, -0.1) is 0 Å². The number of aliphatic hydroxyl groups is 1. The Kier molecular flexibility index (Phi) is 3.97. The maximum Gasteiger partial charge on any atom is 0.438 e. The van der Waals surface area contributed by atoms with Crippen LogP contribution < -0.4 is 0 Å². The molecule has 0 amide bonds. The Morgan fingerprint density at radius 3 is 2.54 bits per heavy atom. The van der Waals surface area contributed by atoms with Crippen molar-refractivity contribution in [1.82, 2.24) is 4.90 Å². The summed E-state index contributed by atoms with van der Waals surface area (Å²) < 4.78 is 65.4. The fourth-order valence-electron chi connectivity index (χ4n) is 2.51. The Morgan fingerprint density at radius 1 is 1.33 bits per heavy atom. The lowest BCUT2D eigenvalue weighted by molar-refractivity contribution is -0.262. The van der Waals surface area contributed by atoms with Crippen LogP contribution in [0.2, 0.25) is 0 Å². The van der Waals surface area contributed by atoms with Crippen molar-refractivity contribution < 1.29 is 26.7 Å². The van der Waals surface area contributed by atoms with Crippen molar-refractivity contribution in [2.24, 2.45) is 4.99 Å². The van der Waals surface area contributed by atoms with E-state index in [2.05, 4.69) is 4.99 Å². The van der Waals surface area contributed by atoms with Crippen LogP contribution in [-0.4, -0.2) is 40.9 Å². The van der Waals surface area contributed by atoms with Crippen LogP contribution >= 0.6 is 11.8 Å². The molecule has 0 aliphatic carbocycles. The van der Waals surface area contributed by atoms with Gasteiger partial charge in [0.2, 0.25) is 0 Å². The first kappa shape index (κ1) is 17.3. The summed E-state index contributed by atoms with van der Waals surface area (Å²) >= 11 is 0.895. The van der Waals surface area contributed by atoms with Gasteiger partial charge in [-0.3, -0.25) is 0 Å². The molecule has 130 valence electrons. The molecule has 0 fully saturated rings. The molecule has 1 N–H and O–H groups in total. The van der Waals surface area contributed by atoms with Gasteiger partial charge >= 0.3 is 6.18 Å². The lowest BCUT2D eigenvalue weighted by Gasteiger charge is -2.39. The summed E-state index contributed by atoms with van der Waals surface area (Å²) in [5, 5.41) is 8.21. The van der Waals surface area contributed by atoms with Crippen molar-refractivity contribution in [3.8, 4) is 0 Å². The summed E-state index contributed by atoms with van der Waals surface area (Å²) in [7, 11) is -4.14. The van der Waals surface area contributed by atoms with Crippen LogP contribution in [0.5, 0.6) is 0 Å². The monoisotopic (exact) mass is 378 g/mol. The minimum Gasteiger partial charge on any atom is -0.362 e. The van der Waals surface area contributed by atoms with Crippen molar-refractivity contribution in [2.45, 2.75) is 35.5 Å². The predicted octanol–water partition coefficient (Wildman–Crippen LogP) is 2.71. The normalized spacial score (nSPS) is 27.5. The van der Waals surface area contributed by atoms with E-state index in [0.29, 0.717) is 4.91 Å². The van der Waals surface area contributed by atoms with E-state index >= 15 is 0 Å². The molecule has 24 heavy (non-hydrogen) atoms. The molecule has 0 saturated carbocycles. The zero-order valence-corrected chi connectivity index (χ0v) is 14.0. The van der Waals surface area contributed by atoms with E-state index in [0.717, 1.165) is 11.8 Å². The molecule has 5 nitrogen and oxygen atoms in total. The number of thioether (sulfide) groups is 1. The van der Waals surface area contributed by atoms with E-state index in [1.807, 2.05) is 0 Å². The minimum atomic E-state index is -5.08. The minimum absolute atomic E-state index is 0.108. The Balaban J connectivity index is 2.12. The lowest BCUT2D eigenvalue weighted by Crippen LogP contribution is -2.56. The van der Waals surface area contributed by atoms with Gasteiger partial charge in [0, 0.05) is 17.5 Å². The molecule has 3 rings (SSSR count). The highest BCUT2D eigenvalue weighted by Gasteiger charge is 2.60. The second-order valence-corrected chi connectivity index (χ2v) is 8.79. The highest BCUT2D eigenvalue weighted by Crippen LogP contribution is 2.45. The van der Waals surface area contributed by atoms with Crippen LogP contribution in [0.25, 0.3) is 0 Å². The summed E-state index contributed by atoms with van der Waals surface area (Å²) in [4.78, 5) is 5.04. The average Bonchev–Trinajstić information content (AvgIpc) is 2.86. The van der Waals surface area contributed by atoms with E-state index in [9.17, 15) is 26.7 Å². The SMILES string of the molecule is CC1=CN2C(=N[C@](O)(C(F)(F)F)C[C@@H]2S(=O)(=O)c2ccccc2)S1.